The van der Waals surface area contributed by atoms with Gasteiger partial charge in [0.25, 0.3) is 5.56 Å². The largest absolute Gasteiger partial charge is 0.493 e. The number of hydrogen-bond donors (Lipinski definition) is 3. The summed E-state index contributed by atoms with van der Waals surface area (Å²) in [7, 11) is 4.39. The highest BCUT2D eigenvalue weighted by Gasteiger charge is 2.35. The average molecular weight is 459 g/mol. The van der Waals surface area contributed by atoms with Crippen LogP contribution >= 0.6 is 0 Å². The number of carbonyl (C=O) groups excluding carboxylic acids is 2. The molecule has 1 aromatic carbocycles. The minimum absolute atomic E-state index is 0.0848. The summed E-state index contributed by atoms with van der Waals surface area (Å²) in [6, 6.07) is 3.13. The number of nitrogens with one attached hydrogen (secondary N) is 3. The molecule has 2 aliphatic rings. The van der Waals surface area contributed by atoms with Crippen LogP contribution in [-0.2, 0) is 14.3 Å². The fourth-order valence-electron chi connectivity index (χ4n) is 3.89. The number of amides is 2. The van der Waals surface area contributed by atoms with Gasteiger partial charge in [0.15, 0.2) is 11.5 Å². The molecule has 0 aliphatic carbocycles. The molecule has 176 valence electrons. The number of methoxy groups -OCH3 is 3. The zero-order chi connectivity index (χ0) is 23.5. The van der Waals surface area contributed by atoms with Crippen molar-refractivity contribution in [1.82, 2.24) is 9.97 Å². The Bertz CT molecular complexity index is 1100. The molecule has 3 heterocycles. The van der Waals surface area contributed by atoms with Gasteiger partial charge in [-0.2, -0.15) is 4.98 Å². The highest BCUT2D eigenvalue weighted by Crippen LogP contribution is 2.40. The lowest BCUT2D eigenvalue weighted by molar-refractivity contribution is -0.123. The first-order valence-corrected chi connectivity index (χ1v) is 10.3. The first-order chi connectivity index (χ1) is 15.9. The highest BCUT2D eigenvalue weighted by atomic mass is 16.5. The summed E-state index contributed by atoms with van der Waals surface area (Å²) in [6.07, 6.45) is -0.190. The second-order valence-electron chi connectivity index (χ2n) is 7.46. The van der Waals surface area contributed by atoms with Gasteiger partial charge in [0.1, 0.15) is 5.82 Å². The van der Waals surface area contributed by atoms with Gasteiger partial charge in [-0.05, 0) is 0 Å². The van der Waals surface area contributed by atoms with E-state index in [2.05, 4.69) is 20.6 Å². The average Bonchev–Trinajstić information content (AvgIpc) is 2.82. The number of benzene rings is 1. The van der Waals surface area contributed by atoms with Crippen molar-refractivity contribution in [3.63, 3.8) is 0 Å². The summed E-state index contributed by atoms with van der Waals surface area (Å²) in [5.41, 5.74) is -0.0144. The third-order valence-corrected chi connectivity index (χ3v) is 5.50. The fourth-order valence-corrected chi connectivity index (χ4v) is 3.89. The summed E-state index contributed by atoms with van der Waals surface area (Å²) < 4.78 is 21.2. The van der Waals surface area contributed by atoms with Gasteiger partial charge in [0.05, 0.1) is 46.0 Å². The van der Waals surface area contributed by atoms with Gasteiger partial charge in [-0.1, -0.05) is 0 Å². The number of fused-ring (bicyclic) bond motifs is 1. The number of ether oxygens (including phenoxy) is 4. The normalized spacial score (nSPS) is 17.6. The number of hydrogen-bond acceptors (Lipinski definition) is 9. The third kappa shape index (κ3) is 4.42. The molecule has 1 aromatic heterocycles. The molecule has 0 saturated carbocycles. The van der Waals surface area contributed by atoms with Crippen LogP contribution in [-0.4, -0.2) is 69.4 Å². The molecule has 12 nitrogen and oxygen atoms in total. The van der Waals surface area contributed by atoms with Gasteiger partial charge < -0.3 is 34.5 Å². The lowest BCUT2D eigenvalue weighted by Crippen LogP contribution is -2.41. The molecule has 0 unspecified atom stereocenters. The summed E-state index contributed by atoms with van der Waals surface area (Å²) in [6.45, 7) is 2.13. The maximum Gasteiger partial charge on any atom is 0.258 e. The molecule has 4 rings (SSSR count). The molecule has 1 fully saturated rings. The van der Waals surface area contributed by atoms with Gasteiger partial charge >= 0.3 is 0 Å². The maximum absolute atomic E-state index is 13.2. The predicted octanol–water partition coefficient (Wildman–Crippen LogP) is 0.697. The van der Waals surface area contributed by atoms with Crippen LogP contribution in [0, 0.1) is 0 Å². The summed E-state index contributed by atoms with van der Waals surface area (Å²) in [5, 5.41) is 5.35. The number of anilines is 3. The van der Waals surface area contributed by atoms with Gasteiger partial charge in [-0.15, -0.1) is 0 Å². The van der Waals surface area contributed by atoms with Crippen LogP contribution in [0.3, 0.4) is 0 Å². The van der Waals surface area contributed by atoms with E-state index in [-0.39, 0.29) is 17.8 Å². The van der Waals surface area contributed by atoms with Crippen LogP contribution < -0.4 is 35.3 Å². The summed E-state index contributed by atoms with van der Waals surface area (Å²) in [5.74, 6) is -0.480. The minimum Gasteiger partial charge on any atom is -0.493 e. The topological polar surface area (TPSA) is 144 Å². The fraction of sp³-hybridized carbons (Fsp3) is 0.429. The molecular formula is C21H25N5O7. The third-order valence-electron chi connectivity index (χ3n) is 5.50. The van der Waals surface area contributed by atoms with E-state index >= 15 is 0 Å². The Morgan fingerprint density at radius 3 is 2.39 bits per heavy atom. The Labute approximate surface area is 189 Å². The van der Waals surface area contributed by atoms with Crippen molar-refractivity contribution in [3.05, 3.63) is 28.0 Å². The molecule has 1 atom stereocenters. The Hall–Kier alpha value is -3.80. The molecule has 1 saturated heterocycles. The van der Waals surface area contributed by atoms with E-state index in [9.17, 15) is 14.4 Å². The smallest absolute Gasteiger partial charge is 0.258 e. The van der Waals surface area contributed by atoms with Crippen molar-refractivity contribution in [2.45, 2.75) is 12.3 Å². The molecule has 0 radical (unpaired) electrons. The zero-order valence-electron chi connectivity index (χ0n) is 18.5. The minimum atomic E-state index is -1.03. The highest BCUT2D eigenvalue weighted by molar-refractivity contribution is 6.04. The number of H-pyrrole nitrogens is 1. The Morgan fingerprint density at radius 2 is 1.79 bits per heavy atom. The lowest BCUT2D eigenvalue weighted by Gasteiger charge is -2.29. The van der Waals surface area contributed by atoms with Crippen molar-refractivity contribution in [2.24, 2.45) is 0 Å². The van der Waals surface area contributed by atoms with Crippen LogP contribution in [0.5, 0.6) is 17.2 Å². The van der Waals surface area contributed by atoms with Crippen molar-refractivity contribution in [2.75, 3.05) is 63.2 Å². The molecule has 0 bridgehead atoms. The van der Waals surface area contributed by atoms with E-state index in [0.29, 0.717) is 55.2 Å². The van der Waals surface area contributed by atoms with E-state index in [4.69, 9.17) is 18.9 Å². The van der Waals surface area contributed by atoms with Gasteiger partial charge in [0, 0.05) is 37.3 Å². The van der Waals surface area contributed by atoms with E-state index in [1.165, 1.54) is 21.3 Å². The molecule has 2 amide bonds. The molecule has 0 spiro atoms. The molecule has 2 aromatic rings. The van der Waals surface area contributed by atoms with Crippen molar-refractivity contribution in [3.8, 4) is 17.2 Å². The van der Waals surface area contributed by atoms with Crippen LogP contribution in [0.1, 0.15) is 17.9 Å². The van der Waals surface area contributed by atoms with Gasteiger partial charge in [-0.25, -0.2) is 0 Å². The Kier molecular flexibility index (Phi) is 6.36. The molecule has 12 heteroatoms. The second-order valence-corrected chi connectivity index (χ2v) is 7.46. The standard InChI is InChI=1S/C21H25N5O7/c1-30-13-8-11(9-14(31-2)17(13)32-3)22-19(28)12-10-15(27)23-18-16(12)20(29)25-21(24-18)26-4-6-33-7-5-26/h8-9,12H,4-7,10H2,1-3H3,(H,22,28)(H2,23,24,25,27,29)/t12-/m1/s1. The van der Waals surface area contributed by atoms with Crippen LogP contribution in [0.4, 0.5) is 17.5 Å². The second kappa shape index (κ2) is 9.36. The van der Waals surface area contributed by atoms with Gasteiger partial charge in [0.2, 0.25) is 23.5 Å². The van der Waals surface area contributed by atoms with Crippen LogP contribution in [0.15, 0.2) is 16.9 Å². The maximum atomic E-state index is 13.2. The summed E-state index contributed by atoms with van der Waals surface area (Å²) in [4.78, 5) is 47.4. The van der Waals surface area contributed by atoms with Crippen molar-refractivity contribution >= 4 is 29.3 Å². The molecule has 33 heavy (non-hydrogen) atoms. The number of rotatable bonds is 6. The van der Waals surface area contributed by atoms with Gasteiger partial charge in [-0.3, -0.25) is 19.4 Å². The van der Waals surface area contributed by atoms with Crippen LogP contribution in [0.2, 0.25) is 0 Å². The molecule has 3 N–H and O–H groups in total. The monoisotopic (exact) mass is 459 g/mol. The zero-order valence-corrected chi connectivity index (χ0v) is 18.5. The molecule has 2 aliphatic heterocycles. The van der Waals surface area contributed by atoms with E-state index in [0.717, 1.165) is 0 Å². The van der Waals surface area contributed by atoms with E-state index < -0.39 is 23.3 Å². The van der Waals surface area contributed by atoms with Crippen molar-refractivity contribution in [1.29, 1.82) is 0 Å². The first-order valence-electron chi connectivity index (χ1n) is 10.3. The number of morpholine rings is 1. The van der Waals surface area contributed by atoms with E-state index in [1.807, 2.05) is 4.90 Å². The first kappa shape index (κ1) is 22.4. The summed E-state index contributed by atoms with van der Waals surface area (Å²) >= 11 is 0. The Balaban J connectivity index is 1.65. The number of carbonyl (C=O) groups is 2. The van der Waals surface area contributed by atoms with Crippen LogP contribution in [0.25, 0.3) is 0 Å². The Morgan fingerprint density at radius 1 is 1.12 bits per heavy atom. The van der Waals surface area contributed by atoms with E-state index in [1.54, 1.807) is 12.1 Å². The molecular weight excluding hydrogens is 434 g/mol. The van der Waals surface area contributed by atoms with Crippen molar-refractivity contribution < 1.29 is 28.5 Å². The number of aromatic nitrogens is 2. The quantitative estimate of drug-likeness (QED) is 0.568. The predicted molar refractivity (Wildman–Crippen MR) is 119 cm³/mol. The number of aromatic amines is 1. The number of nitrogens with zero attached hydrogens (tertiary/aromatic N) is 2. The lowest BCUT2D eigenvalue weighted by atomic mass is 9.92. The SMILES string of the molecule is COc1cc(NC(=O)[C@@H]2CC(=O)Nc3nc(N4CCOCC4)[nH]c(=O)c32)cc(OC)c1OC.